The van der Waals surface area contributed by atoms with Crippen molar-refractivity contribution in [2.24, 2.45) is 0 Å². The molecule has 0 unspecified atom stereocenters. The Kier molecular flexibility index (Phi) is 4.40. The Labute approximate surface area is 144 Å². The smallest absolute Gasteiger partial charge is 0.0832 e. The quantitative estimate of drug-likeness (QED) is 0.911. The molecule has 3 nitrogen and oxygen atoms in total. The van der Waals surface area contributed by atoms with Gasteiger partial charge >= 0.3 is 0 Å². The van der Waals surface area contributed by atoms with Crippen molar-refractivity contribution in [2.45, 2.75) is 38.0 Å². The average molecular weight is 322 g/mol. The van der Waals surface area contributed by atoms with Crippen LogP contribution in [0.4, 0.5) is 0 Å². The van der Waals surface area contributed by atoms with Gasteiger partial charge in [-0.05, 0) is 41.6 Å². The number of hydrogen-bond donors (Lipinski definition) is 2. The van der Waals surface area contributed by atoms with E-state index in [0.717, 1.165) is 32.5 Å². The fourth-order valence-corrected chi connectivity index (χ4v) is 4.21. The lowest BCUT2D eigenvalue weighted by Gasteiger charge is -2.27. The first kappa shape index (κ1) is 15.8. The number of aryl methyl sites for hydroxylation is 2. The second-order valence-corrected chi connectivity index (χ2v) is 7.02. The van der Waals surface area contributed by atoms with Gasteiger partial charge in [-0.25, -0.2) is 0 Å². The number of aliphatic hydroxyl groups is 1. The third-order valence-electron chi connectivity index (χ3n) is 5.59. The summed E-state index contributed by atoms with van der Waals surface area (Å²) in [6.07, 6.45) is 1.87. The highest BCUT2D eigenvalue weighted by atomic mass is 16.3. The van der Waals surface area contributed by atoms with Gasteiger partial charge < -0.3 is 5.11 Å². The zero-order chi connectivity index (χ0) is 16.5. The van der Waals surface area contributed by atoms with Gasteiger partial charge in [-0.1, -0.05) is 55.5 Å². The van der Waals surface area contributed by atoms with Crippen LogP contribution in [0.5, 0.6) is 0 Å². The maximum atomic E-state index is 10.5. The van der Waals surface area contributed by atoms with Crippen LogP contribution in [-0.4, -0.2) is 41.8 Å². The normalized spacial score (nSPS) is 24.4. The molecule has 2 N–H and O–H groups in total. The minimum absolute atomic E-state index is 0.120. The summed E-state index contributed by atoms with van der Waals surface area (Å²) in [4.78, 5) is 2.32. The van der Waals surface area contributed by atoms with Crippen molar-refractivity contribution in [1.82, 2.24) is 10.2 Å². The van der Waals surface area contributed by atoms with Crippen molar-refractivity contribution in [3.63, 3.8) is 0 Å². The largest absolute Gasteiger partial charge is 0.390 e. The molecule has 4 rings (SSSR count). The average Bonchev–Trinajstić information content (AvgIpc) is 2.90. The number of rotatable bonds is 3. The molecule has 2 atom stereocenters. The summed E-state index contributed by atoms with van der Waals surface area (Å²) in [5.41, 5.74) is 5.58. The monoisotopic (exact) mass is 322 g/mol. The molecule has 0 bridgehead atoms. The van der Waals surface area contributed by atoms with Gasteiger partial charge in [-0.15, -0.1) is 0 Å². The molecule has 1 heterocycles. The lowest BCUT2D eigenvalue weighted by Crippen LogP contribution is -2.42. The molecule has 0 radical (unpaired) electrons. The summed E-state index contributed by atoms with van der Waals surface area (Å²) in [5, 5.41) is 14.3. The standard InChI is InChI=1S/C21H26N2O/c1-2-23-13-19(20(24)14-23)22-21-17-9-5-3-7-15(17)11-12-16-8-4-6-10-18(16)21/h3-10,19-22,24H,2,11-14H2,1H3/t19-,20-/m0/s1. The molecule has 0 spiro atoms. The predicted octanol–water partition coefficient (Wildman–Crippen LogP) is 2.53. The maximum Gasteiger partial charge on any atom is 0.0832 e. The van der Waals surface area contributed by atoms with Crippen LogP contribution in [0.2, 0.25) is 0 Å². The minimum atomic E-state index is -0.299. The highest BCUT2D eigenvalue weighted by Gasteiger charge is 2.34. The van der Waals surface area contributed by atoms with Crippen molar-refractivity contribution >= 4 is 0 Å². The predicted molar refractivity (Wildman–Crippen MR) is 97.2 cm³/mol. The van der Waals surface area contributed by atoms with Crippen molar-refractivity contribution in [3.8, 4) is 0 Å². The van der Waals surface area contributed by atoms with Crippen LogP contribution in [0.3, 0.4) is 0 Å². The van der Waals surface area contributed by atoms with Crippen molar-refractivity contribution in [3.05, 3.63) is 70.8 Å². The number of benzene rings is 2. The Bertz CT molecular complexity index is 667. The first-order valence-corrected chi connectivity index (χ1v) is 9.08. The molecular formula is C21H26N2O. The van der Waals surface area contributed by atoms with E-state index < -0.39 is 0 Å². The molecule has 0 aromatic heterocycles. The molecule has 0 saturated carbocycles. The lowest BCUT2D eigenvalue weighted by molar-refractivity contribution is 0.151. The summed E-state index contributed by atoms with van der Waals surface area (Å²) in [5.74, 6) is 0. The summed E-state index contributed by atoms with van der Waals surface area (Å²) in [6, 6.07) is 17.8. The van der Waals surface area contributed by atoms with Gasteiger partial charge in [0.2, 0.25) is 0 Å². The van der Waals surface area contributed by atoms with E-state index in [1.165, 1.54) is 22.3 Å². The van der Waals surface area contributed by atoms with Gasteiger partial charge in [0.05, 0.1) is 12.1 Å². The van der Waals surface area contributed by atoms with Crippen LogP contribution >= 0.6 is 0 Å². The van der Waals surface area contributed by atoms with E-state index in [1.807, 2.05) is 0 Å². The molecule has 1 aliphatic carbocycles. The highest BCUT2D eigenvalue weighted by Crippen LogP contribution is 2.33. The number of fused-ring (bicyclic) bond motifs is 2. The van der Waals surface area contributed by atoms with Gasteiger partial charge in [0.25, 0.3) is 0 Å². The van der Waals surface area contributed by atoms with Crippen LogP contribution in [-0.2, 0) is 12.8 Å². The molecule has 126 valence electrons. The Hall–Kier alpha value is -1.68. The summed E-state index contributed by atoms with van der Waals surface area (Å²) in [6.45, 7) is 4.83. The van der Waals surface area contributed by atoms with E-state index in [4.69, 9.17) is 0 Å². The molecule has 2 aliphatic rings. The number of aliphatic hydroxyl groups excluding tert-OH is 1. The number of nitrogens with zero attached hydrogens (tertiary/aromatic N) is 1. The maximum absolute atomic E-state index is 10.5. The molecule has 24 heavy (non-hydrogen) atoms. The van der Waals surface area contributed by atoms with Crippen LogP contribution in [0.25, 0.3) is 0 Å². The minimum Gasteiger partial charge on any atom is -0.390 e. The molecule has 0 amide bonds. The van der Waals surface area contributed by atoms with Crippen LogP contribution in [0, 0.1) is 0 Å². The fraction of sp³-hybridized carbons (Fsp3) is 0.429. The Balaban J connectivity index is 1.71. The zero-order valence-electron chi connectivity index (χ0n) is 14.3. The number of hydrogen-bond acceptors (Lipinski definition) is 3. The van der Waals surface area contributed by atoms with Crippen LogP contribution in [0.15, 0.2) is 48.5 Å². The third-order valence-corrected chi connectivity index (χ3v) is 5.59. The van der Waals surface area contributed by atoms with Crippen LogP contribution < -0.4 is 5.32 Å². The van der Waals surface area contributed by atoms with Crippen LogP contribution in [0.1, 0.15) is 35.2 Å². The summed E-state index contributed by atoms with van der Waals surface area (Å²) < 4.78 is 0. The highest BCUT2D eigenvalue weighted by molar-refractivity contribution is 5.44. The molecular weight excluding hydrogens is 296 g/mol. The molecule has 1 fully saturated rings. The van der Waals surface area contributed by atoms with Gasteiger partial charge in [-0.3, -0.25) is 10.2 Å². The summed E-state index contributed by atoms with van der Waals surface area (Å²) in [7, 11) is 0. The van der Waals surface area contributed by atoms with Crippen molar-refractivity contribution < 1.29 is 5.11 Å². The van der Waals surface area contributed by atoms with E-state index in [2.05, 4.69) is 65.7 Å². The van der Waals surface area contributed by atoms with E-state index >= 15 is 0 Å². The van der Waals surface area contributed by atoms with E-state index in [0.29, 0.717) is 0 Å². The SMILES string of the molecule is CCN1C[C@H](NC2c3ccccc3CCc3ccccc32)[C@@H](O)C1. The second-order valence-electron chi connectivity index (χ2n) is 7.02. The van der Waals surface area contributed by atoms with Gasteiger partial charge in [0, 0.05) is 19.1 Å². The number of β-amino-alcohol motifs (C(OH)–C–C–N with tert-alkyl or cyclic N) is 1. The third kappa shape index (κ3) is 2.88. The Morgan fingerprint density at radius 3 is 2.08 bits per heavy atom. The topological polar surface area (TPSA) is 35.5 Å². The Morgan fingerprint density at radius 1 is 0.958 bits per heavy atom. The van der Waals surface area contributed by atoms with Gasteiger partial charge in [0.15, 0.2) is 0 Å². The van der Waals surface area contributed by atoms with Gasteiger partial charge in [-0.2, -0.15) is 0 Å². The molecule has 3 heteroatoms. The first-order valence-electron chi connectivity index (χ1n) is 9.08. The van der Waals surface area contributed by atoms with Crippen molar-refractivity contribution in [2.75, 3.05) is 19.6 Å². The number of nitrogens with one attached hydrogen (secondary N) is 1. The fourth-order valence-electron chi connectivity index (χ4n) is 4.21. The van der Waals surface area contributed by atoms with E-state index in [1.54, 1.807) is 0 Å². The summed E-state index contributed by atoms with van der Waals surface area (Å²) >= 11 is 0. The lowest BCUT2D eigenvalue weighted by atomic mass is 9.93. The number of likely N-dealkylation sites (N-methyl/N-ethyl adjacent to an activating group) is 1. The van der Waals surface area contributed by atoms with Gasteiger partial charge in [0.1, 0.15) is 0 Å². The zero-order valence-corrected chi connectivity index (χ0v) is 14.3. The first-order chi connectivity index (χ1) is 11.8. The number of likely N-dealkylation sites (tertiary alicyclic amines) is 1. The molecule has 2 aromatic carbocycles. The Morgan fingerprint density at radius 2 is 1.54 bits per heavy atom. The van der Waals surface area contributed by atoms with Crippen molar-refractivity contribution in [1.29, 1.82) is 0 Å². The second kappa shape index (κ2) is 6.67. The van der Waals surface area contributed by atoms with E-state index in [9.17, 15) is 5.11 Å². The van der Waals surface area contributed by atoms with E-state index in [-0.39, 0.29) is 18.2 Å². The molecule has 2 aromatic rings. The molecule has 1 aliphatic heterocycles. The molecule has 1 saturated heterocycles.